The number of halogens is 2. The molecule has 1 aliphatic heterocycles. The molecule has 2 amide bonds. The molecule has 2 aromatic carbocycles. The molecule has 0 fully saturated rings. The largest absolute Gasteiger partial charge is 0.486 e. The molecule has 2 N–H and O–H groups in total. The number of para-hydroxylation sites is 2. The van der Waals surface area contributed by atoms with Crippen LogP contribution in [-0.2, 0) is 4.79 Å². The maximum Gasteiger partial charge on any atom is 0.254 e. The Morgan fingerprint density at radius 2 is 1.86 bits per heavy atom. The van der Waals surface area contributed by atoms with Crippen molar-refractivity contribution < 1.29 is 27.8 Å². The van der Waals surface area contributed by atoms with Gasteiger partial charge in [0.05, 0.1) is 12.1 Å². The molecule has 1 unspecified atom stereocenters. The van der Waals surface area contributed by atoms with Crippen LogP contribution in [0.4, 0.5) is 8.78 Å². The number of amides is 2. The number of benzene rings is 2. The highest BCUT2D eigenvalue weighted by Gasteiger charge is 2.21. The lowest BCUT2D eigenvalue weighted by molar-refractivity contribution is -0.121. The summed E-state index contributed by atoms with van der Waals surface area (Å²) in [6.45, 7) is 0.844. The summed E-state index contributed by atoms with van der Waals surface area (Å²) in [4.78, 5) is 23.8. The summed E-state index contributed by atoms with van der Waals surface area (Å²) in [6.07, 6.45) is 0.293. The van der Waals surface area contributed by atoms with Crippen molar-refractivity contribution >= 4 is 11.8 Å². The summed E-state index contributed by atoms with van der Waals surface area (Å²) < 4.78 is 37.7. The molecule has 0 aromatic heterocycles. The van der Waals surface area contributed by atoms with Crippen LogP contribution in [0.2, 0.25) is 0 Å². The Morgan fingerprint density at radius 1 is 1.07 bits per heavy atom. The summed E-state index contributed by atoms with van der Waals surface area (Å²) in [7, 11) is 0. The van der Waals surface area contributed by atoms with Crippen LogP contribution in [0.25, 0.3) is 0 Å². The number of hydrogen-bond donors (Lipinski definition) is 2. The Hall–Kier alpha value is -3.16. The van der Waals surface area contributed by atoms with Crippen molar-refractivity contribution in [3.8, 4) is 11.5 Å². The van der Waals surface area contributed by atoms with Crippen molar-refractivity contribution in [1.82, 2.24) is 10.6 Å². The van der Waals surface area contributed by atoms with Crippen LogP contribution in [0.5, 0.6) is 11.5 Å². The summed E-state index contributed by atoms with van der Waals surface area (Å²) in [5.41, 5.74) is -0.236. The van der Waals surface area contributed by atoms with Gasteiger partial charge in [-0.1, -0.05) is 12.1 Å². The van der Waals surface area contributed by atoms with Gasteiger partial charge >= 0.3 is 0 Å². The van der Waals surface area contributed by atoms with Gasteiger partial charge in [0.15, 0.2) is 11.5 Å². The molecular formula is C20H20F2N2O4. The van der Waals surface area contributed by atoms with Crippen molar-refractivity contribution in [3.63, 3.8) is 0 Å². The van der Waals surface area contributed by atoms with Gasteiger partial charge in [-0.3, -0.25) is 9.59 Å². The molecule has 2 aromatic rings. The zero-order chi connectivity index (χ0) is 19.9. The second-order valence-corrected chi connectivity index (χ2v) is 6.29. The van der Waals surface area contributed by atoms with Gasteiger partial charge in [0.25, 0.3) is 5.91 Å². The van der Waals surface area contributed by atoms with Crippen molar-refractivity contribution in [2.45, 2.75) is 18.9 Å². The lowest BCUT2D eigenvalue weighted by Crippen LogP contribution is -2.40. The number of rotatable bonds is 7. The van der Waals surface area contributed by atoms with Crippen LogP contribution in [0.3, 0.4) is 0 Å². The zero-order valence-electron chi connectivity index (χ0n) is 15.0. The van der Waals surface area contributed by atoms with Crippen molar-refractivity contribution in [2.24, 2.45) is 0 Å². The highest BCUT2D eigenvalue weighted by atomic mass is 19.1. The van der Waals surface area contributed by atoms with E-state index in [1.807, 2.05) is 18.2 Å². The standard InChI is InChI=1S/C20H20F2N2O4/c21-13-7-8-15(16(22)10-13)20(26)23-9-3-6-19(25)24-11-14-12-27-17-4-1-2-5-18(17)28-14/h1-2,4-5,7-8,10,14H,3,6,9,11-12H2,(H,23,26)(H,24,25). The molecule has 1 atom stereocenters. The Morgan fingerprint density at radius 3 is 2.64 bits per heavy atom. The van der Waals surface area contributed by atoms with Crippen LogP contribution >= 0.6 is 0 Å². The Kier molecular flexibility index (Phi) is 6.41. The molecule has 3 rings (SSSR count). The molecule has 6 nitrogen and oxygen atoms in total. The minimum Gasteiger partial charge on any atom is -0.486 e. The third-order valence-electron chi connectivity index (χ3n) is 4.14. The average Bonchev–Trinajstić information content (AvgIpc) is 2.69. The lowest BCUT2D eigenvalue weighted by Gasteiger charge is -2.26. The fourth-order valence-corrected chi connectivity index (χ4v) is 2.70. The third kappa shape index (κ3) is 5.18. The second kappa shape index (κ2) is 9.16. The Balaban J connectivity index is 1.33. The van der Waals surface area contributed by atoms with Crippen LogP contribution in [0.1, 0.15) is 23.2 Å². The molecule has 1 aliphatic rings. The van der Waals surface area contributed by atoms with Gasteiger partial charge < -0.3 is 20.1 Å². The highest BCUT2D eigenvalue weighted by molar-refractivity contribution is 5.94. The summed E-state index contributed by atoms with van der Waals surface area (Å²) in [5, 5.41) is 5.27. The normalized spacial score (nSPS) is 15.0. The van der Waals surface area contributed by atoms with Gasteiger partial charge in [0.1, 0.15) is 24.3 Å². The van der Waals surface area contributed by atoms with Gasteiger partial charge in [0, 0.05) is 19.0 Å². The minimum absolute atomic E-state index is 0.190. The van der Waals surface area contributed by atoms with E-state index in [1.54, 1.807) is 6.07 Å². The molecule has 0 saturated carbocycles. The summed E-state index contributed by atoms with van der Waals surface area (Å²) >= 11 is 0. The van der Waals surface area contributed by atoms with Crippen molar-refractivity contribution in [3.05, 3.63) is 59.7 Å². The quantitative estimate of drug-likeness (QED) is 0.712. The van der Waals surface area contributed by atoms with Crippen LogP contribution in [0.15, 0.2) is 42.5 Å². The predicted molar refractivity (Wildman–Crippen MR) is 97.3 cm³/mol. The molecule has 8 heteroatoms. The maximum atomic E-state index is 13.5. The smallest absolute Gasteiger partial charge is 0.254 e. The fourth-order valence-electron chi connectivity index (χ4n) is 2.70. The summed E-state index contributed by atoms with van der Waals surface area (Å²) in [6, 6.07) is 10.1. The van der Waals surface area contributed by atoms with Crippen LogP contribution in [0, 0.1) is 11.6 Å². The topological polar surface area (TPSA) is 76.7 Å². The minimum atomic E-state index is -0.925. The van der Waals surface area contributed by atoms with E-state index in [0.29, 0.717) is 37.1 Å². The summed E-state index contributed by atoms with van der Waals surface area (Å²) in [5.74, 6) is -1.19. The molecule has 148 valence electrons. The van der Waals surface area contributed by atoms with E-state index in [2.05, 4.69) is 10.6 Å². The van der Waals surface area contributed by atoms with Gasteiger partial charge in [-0.05, 0) is 30.7 Å². The van der Waals surface area contributed by atoms with Crippen LogP contribution in [-0.4, -0.2) is 37.6 Å². The van der Waals surface area contributed by atoms with Gasteiger partial charge in [-0.2, -0.15) is 0 Å². The number of ether oxygens (including phenoxy) is 2. The Labute approximate surface area is 160 Å². The molecule has 0 aliphatic carbocycles. The Bertz CT molecular complexity index is 860. The fraction of sp³-hybridized carbons (Fsp3) is 0.300. The lowest BCUT2D eigenvalue weighted by atomic mass is 10.2. The van der Waals surface area contributed by atoms with E-state index in [4.69, 9.17) is 9.47 Å². The van der Waals surface area contributed by atoms with E-state index in [0.717, 1.165) is 12.1 Å². The molecule has 1 heterocycles. The van der Waals surface area contributed by atoms with Crippen LogP contribution < -0.4 is 20.1 Å². The molecule has 0 bridgehead atoms. The van der Waals surface area contributed by atoms with E-state index in [9.17, 15) is 18.4 Å². The number of hydrogen-bond acceptors (Lipinski definition) is 4. The number of carbonyl (C=O) groups excluding carboxylic acids is 2. The SMILES string of the molecule is O=C(CCCNC(=O)c1ccc(F)cc1F)NCC1COc2ccccc2O1. The van der Waals surface area contributed by atoms with Gasteiger partial charge in [-0.25, -0.2) is 8.78 Å². The van der Waals surface area contributed by atoms with Gasteiger partial charge in [0.2, 0.25) is 5.91 Å². The molecule has 0 saturated heterocycles. The van der Waals surface area contributed by atoms with E-state index < -0.39 is 17.5 Å². The predicted octanol–water partition coefficient (Wildman–Crippen LogP) is 2.43. The zero-order valence-corrected chi connectivity index (χ0v) is 15.0. The third-order valence-corrected chi connectivity index (χ3v) is 4.14. The average molecular weight is 390 g/mol. The number of carbonyl (C=O) groups is 2. The molecular weight excluding hydrogens is 370 g/mol. The van der Waals surface area contributed by atoms with Crippen molar-refractivity contribution in [2.75, 3.05) is 19.7 Å². The first-order valence-corrected chi connectivity index (χ1v) is 8.91. The monoisotopic (exact) mass is 390 g/mol. The van der Waals surface area contributed by atoms with Gasteiger partial charge in [-0.15, -0.1) is 0 Å². The molecule has 28 heavy (non-hydrogen) atoms. The van der Waals surface area contributed by atoms with E-state index >= 15 is 0 Å². The first-order chi connectivity index (χ1) is 13.5. The molecule has 0 spiro atoms. The van der Waals surface area contributed by atoms with E-state index in [-0.39, 0.29) is 30.5 Å². The first kappa shape index (κ1) is 19.6. The second-order valence-electron chi connectivity index (χ2n) is 6.29. The maximum absolute atomic E-state index is 13.5. The first-order valence-electron chi connectivity index (χ1n) is 8.91. The van der Waals surface area contributed by atoms with E-state index in [1.165, 1.54) is 0 Å². The van der Waals surface area contributed by atoms with Crippen molar-refractivity contribution in [1.29, 1.82) is 0 Å². The molecule has 0 radical (unpaired) electrons. The number of fused-ring (bicyclic) bond motifs is 1. The highest BCUT2D eigenvalue weighted by Crippen LogP contribution is 2.30. The number of nitrogens with one attached hydrogen (secondary N) is 2.